The van der Waals surface area contributed by atoms with Gasteiger partial charge in [-0.3, -0.25) is 9.59 Å². The summed E-state index contributed by atoms with van der Waals surface area (Å²) in [5.41, 5.74) is 0.586. The summed E-state index contributed by atoms with van der Waals surface area (Å²) in [6, 6.07) is 12.8. The third-order valence-corrected chi connectivity index (χ3v) is 3.52. The van der Waals surface area contributed by atoms with E-state index in [1.165, 1.54) is 0 Å². The lowest BCUT2D eigenvalue weighted by Gasteiger charge is -2.21. The summed E-state index contributed by atoms with van der Waals surface area (Å²) < 4.78 is 0. The van der Waals surface area contributed by atoms with Crippen molar-refractivity contribution in [2.24, 2.45) is 5.92 Å². The Labute approximate surface area is 138 Å². The van der Waals surface area contributed by atoms with Crippen LogP contribution in [-0.2, 0) is 4.79 Å². The molecule has 0 aliphatic carbocycles. The van der Waals surface area contributed by atoms with Crippen molar-refractivity contribution in [2.75, 3.05) is 7.05 Å². The van der Waals surface area contributed by atoms with Gasteiger partial charge in [0.2, 0.25) is 5.91 Å². The van der Waals surface area contributed by atoms with Crippen LogP contribution in [-0.4, -0.2) is 24.9 Å². The summed E-state index contributed by atoms with van der Waals surface area (Å²) in [7, 11) is 1.57. The Morgan fingerprint density at radius 1 is 0.957 bits per heavy atom. The maximum atomic E-state index is 12.5. The first-order chi connectivity index (χ1) is 11.0. The molecule has 0 aromatic heterocycles. The van der Waals surface area contributed by atoms with Gasteiger partial charge in [0.1, 0.15) is 6.04 Å². The number of benzene rings is 2. The van der Waals surface area contributed by atoms with Crippen LogP contribution in [0, 0.1) is 5.92 Å². The van der Waals surface area contributed by atoms with Crippen LogP contribution in [0.25, 0.3) is 10.8 Å². The minimum absolute atomic E-state index is 0.0175. The zero-order valence-electron chi connectivity index (χ0n) is 14.5. The lowest BCUT2D eigenvalue weighted by Crippen LogP contribution is -2.48. The van der Waals surface area contributed by atoms with Gasteiger partial charge >= 0.3 is 0 Å². The van der Waals surface area contributed by atoms with Gasteiger partial charge in [-0.2, -0.15) is 0 Å². The van der Waals surface area contributed by atoms with E-state index in [0.29, 0.717) is 5.56 Å². The molecule has 124 valence electrons. The van der Waals surface area contributed by atoms with Crippen LogP contribution in [0.4, 0.5) is 0 Å². The number of carbonyl (C=O) groups is 2. The zero-order chi connectivity index (χ0) is 17.4. The molecule has 1 unspecified atom stereocenters. The molecule has 2 rings (SSSR count). The van der Waals surface area contributed by atoms with Gasteiger partial charge < -0.3 is 10.6 Å². The molecule has 0 spiro atoms. The van der Waals surface area contributed by atoms with E-state index in [0.717, 1.165) is 10.8 Å². The van der Waals surface area contributed by atoms with E-state index in [2.05, 4.69) is 10.6 Å². The predicted molar refractivity (Wildman–Crippen MR) is 95.5 cm³/mol. The fourth-order valence-electron chi connectivity index (χ4n) is 2.33. The second kappa shape index (κ2) is 8.93. The SMILES string of the molecule is CC.CNC(=O)C(NC(=O)c1cccc2ccccc12)C(C)C. The largest absolute Gasteiger partial charge is 0.357 e. The molecule has 1 atom stereocenters. The number of carbonyl (C=O) groups excluding carboxylic acids is 2. The van der Waals surface area contributed by atoms with Gasteiger partial charge in [0.15, 0.2) is 0 Å². The molecule has 0 aliphatic rings. The molecule has 0 saturated heterocycles. The Morgan fingerprint density at radius 2 is 1.57 bits per heavy atom. The highest BCUT2D eigenvalue weighted by Gasteiger charge is 2.24. The van der Waals surface area contributed by atoms with Crippen molar-refractivity contribution in [3.63, 3.8) is 0 Å². The van der Waals surface area contributed by atoms with Gasteiger partial charge in [0.25, 0.3) is 5.91 Å². The van der Waals surface area contributed by atoms with Crippen molar-refractivity contribution in [3.8, 4) is 0 Å². The second-order valence-corrected chi connectivity index (χ2v) is 5.34. The average Bonchev–Trinajstić information content (AvgIpc) is 2.59. The number of nitrogens with one attached hydrogen (secondary N) is 2. The summed E-state index contributed by atoms with van der Waals surface area (Å²) in [6.45, 7) is 7.81. The molecule has 4 nitrogen and oxygen atoms in total. The van der Waals surface area contributed by atoms with Crippen molar-refractivity contribution < 1.29 is 9.59 Å². The number of likely N-dealkylation sites (N-methyl/N-ethyl adjacent to an activating group) is 1. The van der Waals surface area contributed by atoms with Crippen molar-refractivity contribution in [1.29, 1.82) is 0 Å². The fourth-order valence-corrected chi connectivity index (χ4v) is 2.33. The van der Waals surface area contributed by atoms with Crippen LogP contribution in [0.3, 0.4) is 0 Å². The van der Waals surface area contributed by atoms with Gasteiger partial charge in [-0.25, -0.2) is 0 Å². The molecule has 0 fully saturated rings. The first-order valence-electron chi connectivity index (χ1n) is 8.04. The lowest BCUT2D eigenvalue weighted by atomic mass is 10.0. The van der Waals surface area contributed by atoms with E-state index in [9.17, 15) is 9.59 Å². The van der Waals surface area contributed by atoms with Crippen LogP contribution < -0.4 is 10.6 Å². The van der Waals surface area contributed by atoms with Gasteiger partial charge in [-0.05, 0) is 22.8 Å². The van der Waals surface area contributed by atoms with Crippen LogP contribution in [0.2, 0.25) is 0 Å². The molecule has 2 N–H and O–H groups in total. The van der Waals surface area contributed by atoms with Crippen LogP contribution >= 0.6 is 0 Å². The van der Waals surface area contributed by atoms with Gasteiger partial charge in [0, 0.05) is 12.6 Å². The standard InChI is InChI=1S/C17H20N2O2.C2H6/c1-11(2)15(17(21)18-3)19-16(20)14-10-6-8-12-7-4-5-9-13(12)14;1-2/h4-11,15H,1-3H3,(H,18,21)(H,19,20);1-2H3. The monoisotopic (exact) mass is 314 g/mol. The minimum atomic E-state index is -0.540. The van der Waals surface area contributed by atoms with Gasteiger partial charge in [-0.1, -0.05) is 64.1 Å². The molecule has 0 saturated carbocycles. The highest BCUT2D eigenvalue weighted by molar-refractivity contribution is 6.08. The normalized spacial score (nSPS) is 11.4. The van der Waals surface area contributed by atoms with Crippen molar-refractivity contribution in [2.45, 2.75) is 33.7 Å². The average molecular weight is 314 g/mol. The smallest absolute Gasteiger partial charge is 0.252 e. The Hall–Kier alpha value is -2.36. The summed E-state index contributed by atoms with van der Waals surface area (Å²) in [5, 5.41) is 7.30. The van der Waals surface area contributed by atoms with Crippen LogP contribution in [0.5, 0.6) is 0 Å². The topological polar surface area (TPSA) is 58.2 Å². The van der Waals surface area contributed by atoms with Crippen LogP contribution in [0.15, 0.2) is 42.5 Å². The Morgan fingerprint density at radius 3 is 2.17 bits per heavy atom. The summed E-state index contributed by atoms with van der Waals surface area (Å²) in [5.74, 6) is -0.392. The Bertz CT molecular complexity index is 660. The molecule has 2 aromatic rings. The molecule has 0 aliphatic heterocycles. The molecule has 2 amide bonds. The number of amides is 2. The van der Waals surface area contributed by atoms with Gasteiger partial charge in [0.05, 0.1) is 0 Å². The third kappa shape index (κ3) is 4.55. The third-order valence-electron chi connectivity index (χ3n) is 3.52. The molecule has 0 bridgehead atoms. The second-order valence-electron chi connectivity index (χ2n) is 5.34. The number of fused-ring (bicyclic) bond motifs is 1. The quantitative estimate of drug-likeness (QED) is 0.909. The van der Waals surface area contributed by atoms with E-state index in [-0.39, 0.29) is 17.7 Å². The van der Waals surface area contributed by atoms with E-state index in [1.54, 1.807) is 13.1 Å². The minimum Gasteiger partial charge on any atom is -0.357 e. The molecule has 4 heteroatoms. The highest BCUT2D eigenvalue weighted by atomic mass is 16.2. The number of rotatable bonds is 4. The summed E-state index contributed by atoms with van der Waals surface area (Å²) in [4.78, 5) is 24.4. The number of hydrogen-bond donors (Lipinski definition) is 2. The van der Waals surface area contributed by atoms with E-state index in [1.807, 2.05) is 64.1 Å². The molecule has 23 heavy (non-hydrogen) atoms. The molecule has 0 radical (unpaired) electrons. The zero-order valence-corrected chi connectivity index (χ0v) is 14.5. The molecular formula is C19H26N2O2. The maximum Gasteiger partial charge on any atom is 0.252 e. The summed E-state index contributed by atoms with van der Waals surface area (Å²) in [6.07, 6.45) is 0. The van der Waals surface area contributed by atoms with Crippen molar-refractivity contribution >= 4 is 22.6 Å². The van der Waals surface area contributed by atoms with E-state index >= 15 is 0 Å². The first-order valence-corrected chi connectivity index (χ1v) is 8.04. The fraction of sp³-hybridized carbons (Fsp3) is 0.368. The number of hydrogen-bond acceptors (Lipinski definition) is 2. The van der Waals surface area contributed by atoms with Gasteiger partial charge in [-0.15, -0.1) is 0 Å². The van der Waals surface area contributed by atoms with Crippen molar-refractivity contribution in [3.05, 3.63) is 48.0 Å². The molecule has 0 heterocycles. The maximum absolute atomic E-state index is 12.5. The van der Waals surface area contributed by atoms with Crippen molar-refractivity contribution in [1.82, 2.24) is 10.6 Å². The van der Waals surface area contributed by atoms with E-state index < -0.39 is 6.04 Å². The highest BCUT2D eigenvalue weighted by Crippen LogP contribution is 2.18. The Kier molecular flexibility index (Phi) is 7.26. The lowest BCUT2D eigenvalue weighted by molar-refractivity contribution is -0.123. The molecule has 2 aromatic carbocycles. The van der Waals surface area contributed by atoms with E-state index in [4.69, 9.17) is 0 Å². The molecular weight excluding hydrogens is 288 g/mol. The van der Waals surface area contributed by atoms with Crippen LogP contribution in [0.1, 0.15) is 38.1 Å². The Balaban J connectivity index is 0.00000127. The summed E-state index contributed by atoms with van der Waals surface area (Å²) >= 11 is 0. The first kappa shape index (κ1) is 18.7. The predicted octanol–water partition coefficient (Wildman–Crippen LogP) is 3.37.